The number of hydrogen-bond acceptors (Lipinski definition) is 4. The Morgan fingerprint density at radius 1 is 1.27 bits per heavy atom. The summed E-state index contributed by atoms with van der Waals surface area (Å²) in [6.07, 6.45) is -2.86. The molecule has 0 aliphatic rings. The van der Waals surface area contributed by atoms with Gasteiger partial charge in [-0.25, -0.2) is 18.4 Å². The van der Waals surface area contributed by atoms with Crippen LogP contribution in [-0.2, 0) is 0 Å². The van der Waals surface area contributed by atoms with Crippen molar-refractivity contribution in [2.45, 2.75) is 13.3 Å². The first-order valence-corrected chi connectivity index (χ1v) is 5.76. The molecule has 0 atom stereocenters. The number of nitrogen functional groups attached to an aromatic ring is 1. The topological polar surface area (TPSA) is 65.4 Å². The number of halogens is 5. The molecule has 1 heterocycles. The molecular formula is C12H9F5N4O. The van der Waals surface area contributed by atoms with Gasteiger partial charge >= 0.3 is 6.36 Å². The molecule has 0 unspecified atom stereocenters. The van der Waals surface area contributed by atoms with Crippen LogP contribution in [0.5, 0.6) is 5.75 Å². The van der Waals surface area contributed by atoms with Gasteiger partial charge < -0.3 is 10.5 Å². The molecule has 2 rings (SSSR count). The van der Waals surface area contributed by atoms with E-state index in [-0.39, 0.29) is 5.95 Å². The zero-order valence-electron chi connectivity index (χ0n) is 11.0. The fourth-order valence-corrected chi connectivity index (χ4v) is 1.59. The van der Waals surface area contributed by atoms with E-state index >= 15 is 0 Å². The van der Waals surface area contributed by atoms with Crippen LogP contribution in [0.15, 0.2) is 23.4 Å². The minimum Gasteiger partial charge on any atom is -0.406 e. The van der Waals surface area contributed by atoms with E-state index in [0.717, 1.165) is 10.9 Å². The summed E-state index contributed by atoms with van der Waals surface area (Å²) in [6, 6.07) is 0.806. The number of hydrogen-bond donors (Lipinski definition) is 1. The fraction of sp³-hybridized carbons (Fsp3) is 0.167. The molecular weight excluding hydrogens is 311 g/mol. The Hall–Kier alpha value is -2.65. The van der Waals surface area contributed by atoms with E-state index in [4.69, 9.17) is 5.73 Å². The van der Waals surface area contributed by atoms with Gasteiger partial charge in [0, 0.05) is 12.1 Å². The Bertz CT molecular complexity index is 700. The Balaban J connectivity index is 2.30. The third-order valence-corrected chi connectivity index (χ3v) is 2.43. The van der Waals surface area contributed by atoms with Crippen molar-refractivity contribution in [1.29, 1.82) is 0 Å². The summed E-state index contributed by atoms with van der Waals surface area (Å²) in [6.45, 7) is 1.63. The number of nitrogens with two attached hydrogens (primary N) is 1. The van der Waals surface area contributed by atoms with Gasteiger partial charge in [0.05, 0.1) is 23.7 Å². The minimum atomic E-state index is -5.04. The summed E-state index contributed by atoms with van der Waals surface area (Å²) in [7, 11) is 0. The first-order valence-electron chi connectivity index (χ1n) is 5.76. The summed E-state index contributed by atoms with van der Waals surface area (Å²) < 4.78 is 67.8. The standard InChI is InChI=1S/C12H9F5N4O/c1-6-5-21(11(18)20-6)19-4-8-9(13)2-7(3-10(8)14)22-12(15,16)17/h2-5H,1H3,(H2,18,20). The fourth-order valence-electron chi connectivity index (χ4n) is 1.59. The van der Waals surface area contributed by atoms with Crippen molar-refractivity contribution < 1.29 is 26.7 Å². The van der Waals surface area contributed by atoms with Crippen LogP contribution in [0.2, 0.25) is 0 Å². The molecule has 0 fully saturated rings. The molecule has 10 heteroatoms. The van der Waals surface area contributed by atoms with Crippen molar-refractivity contribution in [2.75, 3.05) is 5.73 Å². The zero-order valence-corrected chi connectivity index (χ0v) is 11.0. The normalized spacial score (nSPS) is 12.1. The van der Waals surface area contributed by atoms with Crippen molar-refractivity contribution >= 4 is 12.2 Å². The first-order chi connectivity index (χ1) is 10.2. The Labute approximate surface area is 120 Å². The van der Waals surface area contributed by atoms with Crippen LogP contribution in [0.3, 0.4) is 0 Å². The summed E-state index contributed by atoms with van der Waals surface area (Å²) >= 11 is 0. The quantitative estimate of drug-likeness (QED) is 0.698. The number of nitrogens with zero attached hydrogens (tertiary/aromatic N) is 3. The Morgan fingerprint density at radius 3 is 2.32 bits per heavy atom. The lowest BCUT2D eigenvalue weighted by Crippen LogP contribution is -2.17. The Morgan fingerprint density at radius 2 is 1.86 bits per heavy atom. The number of ether oxygens (including phenoxy) is 1. The molecule has 118 valence electrons. The second kappa shape index (κ2) is 5.62. The predicted octanol–water partition coefficient (Wildman–Crippen LogP) is 2.83. The molecule has 2 aromatic rings. The lowest BCUT2D eigenvalue weighted by molar-refractivity contribution is -0.274. The second-order valence-corrected chi connectivity index (χ2v) is 4.18. The highest BCUT2D eigenvalue weighted by atomic mass is 19.4. The van der Waals surface area contributed by atoms with Crippen LogP contribution >= 0.6 is 0 Å². The number of aryl methyl sites for hydroxylation is 1. The largest absolute Gasteiger partial charge is 0.573 e. The SMILES string of the molecule is Cc1cn(N=Cc2c(F)cc(OC(F)(F)F)cc2F)c(N)n1. The monoisotopic (exact) mass is 320 g/mol. The van der Waals surface area contributed by atoms with Crippen LogP contribution in [-0.4, -0.2) is 22.2 Å². The van der Waals surface area contributed by atoms with Crippen LogP contribution in [0.4, 0.5) is 27.9 Å². The molecule has 1 aromatic carbocycles. The van der Waals surface area contributed by atoms with Crippen molar-refractivity contribution in [1.82, 2.24) is 9.66 Å². The van der Waals surface area contributed by atoms with Crippen LogP contribution in [0, 0.1) is 18.6 Å². The van der Waals surface area contributed by atoms with E-state index in [1.165, 1.54) is 6.20 Å². The molecule has 0 radical (unpaired) electrons. The maximum Gasteiger partial charge on any atom is 0.573 e. The summed E-state index contributed by atoms with van der Waals surface area (Å²) in [5.41, 5.74) is 5.37. The molecule has 22 heavy (non-hydrogen) atoms. The van der Waals surface area contributed by atoms with E-state index in [0.29, 0.717) is 17.8 Å². The molecule has 0 aliphatic carbocycles. The smallest absolute Gasteiger partial charge is 0.406 e. The number of anilines is 1. The van der Waals surface area contributed by atoms with Gasteiger partial charge in [-0.3, -0.25) is 0 Å². The number of rotatable bonds is 3. The summed E-state index contributed by atoms with van der Waals surface area (Å²) in [5.74, 6) is -3.54. The second-order valence-electron chi connectivity index (χ2n) is 4.18. The molecule has 0 spiro atoms. The van der Waals surface area contributed by atoms with Crippen LogP contribution < -0.4 is 10.5 Å². The highest BCUT2D eigenvalue weighted by Crippen LogP contribution is 2.26. The van der Waals surface area contributed by atoms with Gasteiger partial charge in [0.2, 0.25) is 5.95 Å². The molecule has 0 amide bonds. The third-order valence-electron chi connectivity index (χ3n) is 2.43. The van der Waals surface area contributed by atoms with Gasteiger partial charge in [-0.15, -0.1) is 13.2 Å². The van der Waals surface area contributed by atoms with Crippen molar-refractivity contribution in [3.8, 4) is 5.75 Å². The van der Waals surface area contributed by atoms with Gasteiger partial charge in [-0.1, -0.05) is 0 Å². The van der Waals surface area contributed by atoms with Crippen LogP contribution in [0.1, 0.15) is 11.3 Å². The number of imidazole rings is 1. The average Bonchev–Trinajstić information content (AvgIpc) is 2.64. The highest BCUT2D eigenvalue weighted by molar-refractivity contribution is 5.80. The van der Waals surface area contributed by atoms with Gasteiger partial charge in [-0.2, -0.15) is 5.10 Å². The average molecular weight is 320 g/mol. The van der Waals surface area contributed by atoms with E-state index in [9.17, 15) is 22.0 Å². The number of aromatic nitrogens is 2. The molecule has 0 saturated carbocycles. The van der Waals surface area contributed by atoms with E-state index in [1.54, 1.807) is 6.92 Å². The highest BCUT2D eigenvalue weighted by Gasteiger charge is 2.31. The lowest BCUT2D eigenvalue weighted by Gasteiger charge is -2.09. The van der Waals surface area contributed by atoms with Crippen molar-refractivity contribution in [3.63, 3.8) is 0 Å². The zero-order chi connectivity index (χ0) is 16.5. The van der Waals surface area contributed by atoms with E-state index < -0.39 is 29.3 Å². The van der Waals surface area contributed by atoms with Crippen molar-refractivity contribution in [2.24, 2.45) is 5.10 Å². The molecule has 5 nitrogen and oxygen atoms in total. The van der Waals surface area contributed by atoms with Gasteiger partial charge in [0.15, 0.2) is 0 Å². The number of benzene rings is 1. The van der Waals surface area contributed by atoms with Crippen molar-refractivity contribution in [3.05, 3.63) is 41.2 Å². The molecule has 0 aliphatic heterocycles. The lowest BCUT2D eigenvalue weighted by atomic mass is 10.2. The summed E-state index contributed by atoms with van der Waals surface area (Å²) in [5, 5.41) is 3.68. The minimum absolute atomic E-state index is 0.00779. The third kappa shape index (κ3) is 3.71. The Kier molecular flexibility index (Phi) is 4.02. The predicted molar refractivity (Wildman–Crippen MR) is 67.4 cm³/mol. The molecule has 2 N–H and O–H groups in total. The first kappa shape index (κ1) is 15.7. The van der Waals surface area contributed by atoms with E-state index in [2.05, 4.69) is 14.8 Å². The van der Waals surface area contributed by atoms with Crippen LogP contribution in [0.25, 0.3) is 0 Å². The maximum atomic E-state index is 13.7. The molecule has 0 bridgehead atoms. The number of alkyl halides is 3. The van der Waals surface area contributed by atoms with E-state index in [1.807, 2.05) is 0 Å². The van der Waals surface area contributed by atoms with Gasteiger partial charge in [0.25, 0.3) is 0 Å². The molecule has 1 aromatic heterocycles. The van der Waals surface area contributed by atoms with Gasteiger partial charge in [-0.05, 0) is 6.92 Å². The van der Waals surface area contributed by atoms with Gasteiger partial charge in [0.1, 0.15) is 17.4 Å². The summed E-state index contributed by atoms with van der Waals surface area (Å²) in [4.78, 5) is 3.82. The molecule has 0 saturated heterocycles. The maximum absolute atomic E-state index is 13.7.